The molecule has 4 aromatic carbocycles. The van der Waals surface area contributed by atoms with E-state index in [2.05, 4.69) is 137 Å². The van der Waals surface area contributed by atoms with Crippen molar-refractivity contribution in [3.63, 3.8) is 0 Å². The van der Waals surface area contributed by atoms with E-state index >= 15 is 0 Å². The van der Waals surface area contributed by atoms with Crippen molar-refractivity contribution in [3.05, 3.63) is 141 Å². The molecule has 0 N–H and O–H groups in total. The van der Waals surface area contributed by atoms with E-state index in [1.807, 2.05) is 22.7 Å². The summed E-state index contributed by atoms with van der Waals surface area (Å²) < 4.78 is 0. The second kappa shape index (κ2) is 11.6. The fourth-order valence-electron chi connectivity index (χ4n) is 6.93. The molecule has 0 fully saturated rings. The van der Waals surface area contributed by atoms with Crippen molar-refractivity contribution in [2.75, 3.05) is 0 Å². The van der Waals surface area contributed by atoms with E-state index in [1.165, 1.54) is 81.6 Å². The maximum atomic E-state index is 2.34. The van der Waals surface area contributed by atoms with Gasteiger partial charge >= 0.3 is 0 Å². The summed E-state index contributed by atoms with van der Waals surface area (Å²) in [4.78, 5) is 5.69. The molecule has 43 heavy (non-hydrogen) atoms. The van der Waals surface area contributed by atoms with Gasteiger partial charge in [0.25, 0.3) is 0 Å². The van der Waals surface area contributed by atoms with Crippen LogP contribution in [0.1, 0.15) is 51.3 Å². The molecule has 0 saturated carbocycles. The van der Waals surface area contributed by atoms with Crippen molar-refractivity contribution in [2.45, 2.75) is 47.0 Å². The quantitative estimate of drug-likeness (QED) is 0.180. The predicted molar refractivity (Wildman–Crippen MR) is 190 cm³/mol. The maximum absolute atomic E-state index is 2.34. The highest BCUT2D eigenvalue weighted by atomic mass is 32.1. The van der Waals surface area contributed by atoms with E-state index in [0.717, 1.165) is 12.8 Å². The van der Waals surface area contributed by atoms with Gasteiger partial charge in [0.1, 0.15) is 0 Å². The SMILES string of the molecule is Cc1sc(-c2ccc(-c3ccccc3)cc2)c(C)c1C1=C(c2c(C)sc(-c3ccc(-c4ccccc4)cc3)c2C)CCC1. The summed E-state index contributed by atoms with van der Waals surface area (Å²) in [7, 11) is 0. The Balaban J connectivity index is 1.24. The summed E-state index contributed by atoms with van der Waals surface area (Å²) >= 11 is 3.92. The monoisotopic (exact) mass is 592 g/mol. The molecule has 0 spiro atoms. The molecule has 7 rings (SSSR count). The first-order chi connectivity index (χ1) is 21.0. The number of benzene rings is 4. The highest BCUT2D eigenvalue weighted by Crippen LogP contribution is 2.50. The van der Waals surface area contributed by atoms with Crippen LogP contribution in [0.2, 0.25) is 0 Å². The van der Waals surface area contributed by atoms with Crippen molar-refractivity contribution in [3.8, 4) is 43.1 Å². The van der Waals surface area contributed by atoms with Crippen molar-refractivity contribution < 1.29 is 0 Å². The Morgan fingerprint density at radius 3 is 1.09 bits per heavy atom. The van der Waals surface area contributed by atoms with Gasteiger partial charge in [0.2, 0.25) is 0 Å². The molecule has 212 valence electrons. The highest BCUT2D eigenvalue weighted by Gasteiger charge is 2.27. The molecular formula is C41H36S2. The summed E-state index contributed by atoms with van der Waals surface area (Å²) in [5.41, 5.74) is 16.7. The van der Waals surface area contributed by atoms with Gasteiger partial charge in [-0.2, -0.15) is 0 Å². The smallest absolute Gasteiger partial charge is 0.0381 e. The van der Waals surface area contributed by atoms with E-state index in [9.17, 15) is 0 Å². The minimum Gasteiger partial charge on any atom is -0.140 e. The molecule has 2 heterocycles. The first-order valence-corrected chi connectivity index (χ1v) is 16.9. The molecule has 0 saturated heterocycles. The molecule has 2 aromatic heterocycles. The Hall–Kier alpha value is -3.98. The zero-order valence-corrected chi connectivity index (χ0v) is 27.0. The van der Waals surface area contributed by atoms with Crippen LogP contribution in [0.25, 0.3) is 54.3 Å². The van der Waals surface area contributed by atoms with Crippen LogP contribution >= 0.6 is 22.7 Å². The molecule has 0 aliphatic heterocycles. The van der Waals surface area contributed by atoms with E-state index in [-0.39, 0.29) is 0 Å². The van der Waals surface area contributed by atoms with E-state index in [0.29, 0.717) is 0 Å². The number of allylic oxidation sites excluding steroid dienone is 2. The molecule has 1 aliphatic rings. The Kier molecular flexibility index (Phi) is 7.51. The molecule has 6 aromatic rings. The summed E-state index contributed by atoms with van der Waals surface area (Å²) in [5, 5.41) is 0. The van der Waals surface area contributed by atoms with Crippen molar-refractivity contribution >= 4 is 33.8 Å². The Labute approximate surface area is 264 Å². The van der Waals surface area contributed by atoms with Gasteiger partial charge in [-0.05, 0) is 114 Å². The van der Waals surface area contributed by atoms with Gasteiger partial charge in [0, 0.05) is 19.5 Å². The van der Waals surface area contributed by atoms with Crippen LogP contribution in [-0.2, 0) is 0 Å². The highest BCUT2D eigenvalue weighted by molar-refractivity contribution is 7.16. The van der Waals surface area contributed by atoms with Crippen LogP contribution in [-0.4, -0.2) is 0 Å². The van der Waals surface area contributed by atoms with Crippen molar-refractivity contribution in [1.29, 1.82) is 0 Å². The third kappa shape index (κ3) is 5.13. The largest absolute Gasteiger partial charge is 0.140 e. The fraction of sp³-hybridized carbons (Fsp3) is 0.171. The Bertz CT molecular complexity index is 1790. The van der Waals surface area contributed by atoms with Crippen LogP contribution in [0.5, 0.6) is 0 Å². The fourth-order valence-corrected chi connectivity index (χ4v) is 9.32. The van der Waals surface area contributed by atoms with Gasteiger partial charge < -0.3 is 0 Å². The molecule has 0 unspecified atom stereocenters. The second-order valence-corrected chi connectivity index (χ2v) is 14.1. The summed E-state index contributed by atoms with van der Waals surface area (Å²) in [6.07, 6.45) is 3.56. The zero-order chi connectivity index (χ0) is 29.5. The number of hydrogen-bond acceptors (Lipinski definition) is 2. The molecule has 0 bridgehead atoms. The average molecular weight is 593 g/mol. The minimum atomic E-state index is 1.16. The van der Waals surface area contributed by atoms with Crippen molar-refractivity contribution in [1.82, 2.24) is 0 Å². The van der Waals surface area contributed by atoms with E-state index in [1.54, 1.807) is 11.1 Å². The summed E-state index contributed by atoms with van der Waals surface area (Å²) in [6.45, 7) is 9.33. The van der Waals surface area contributed by atoms with E-state index < -0.39 is 0 Å². The molecule has 2 heteroatoms. The maximum Gasteiger partial charge on any atom is 0.0381 e. The van der Waals surface area contributed by atoms with Crippen LogP contribution in [0, 0.1) is 27.7 Å². The lowest BCUT2D eigenvalue weighted by molar-refractivity contribution is 0.940. The molecular weight excluding hydrogens is 557 g/mol. The lowest BCUT2D eigenvalue weighted by Crippen LogP contribution is -1.92. The normalized spacial score (nSPS) is 13.2. The Morgan fingerprint density at radius 1 is 0.395 bits per heavy atom. The number of hydrogen-bond donors (Lipinski definition) is 0. The third-order valence-corrected chi connectivity index (χ3v) is 11.5. The van der Waals surface area contributed by atoms with Gasteiger partial charge in [-0.15, -0.1) is 22.7 Å². The van der Waals surface area contributed by atoms with Crippen molar-refractivity contribution in [2.24, 2.45) is 0 Å². The molecule has 1 aliphatic carbocycles. The van der Waals surface area contributed by atoms with Crippen LogP contribution in [0.3, 0.4) is 0 Å². The molecule has 0 atom stereocenters. The van der Waals surface area contributed by atoms with Gasteiger partial charge in [-0.1, -0.05) is 109 Å². The van der Waals surface area contributed by atoms with Gasteiger partial charge in [0.05, 0.1) is 0 Å². The lowest BCUT2D eigenvalue weighted by Gasteiger charge is -2.12. The standard InChI is InChI=1S/C41H36S2/c1-26-38(28(3)42-40(26)34-22-18-32(19-23-34)30-12-7-5-8-13-30)36-16-11-17-37(36)39-27(2)41(43-29(39)4)35-24-20-33(21-25-35)31-14-9-6-10-15-31/h5-10,12-15,18-25H,11,16-17H2,1-4H3. The van der Waals surface area contributed by atoms with Crippen LogP contribution < -0.4 is 0 Å². The van der Waals surface area contributed by atoms with E-state index in [4.69, 9.17) is 0 Å². The number of rotatable bonds is 6. The summed E-state index contributed by atoms with van der Waals surface area (Å²) in [6, 6.07) is 39.6. The van der Waals surface area contributed by atoms with Gasteiger partial charge in [-0.25, -0.2) is 0 Å². The molecule has 0 nitrogen and oxygen atoms in total. The van der Waals surface area contributed by atoms with Crippen LogP contribution in [0.15, 0.2) is 109 Å². The topological polar surface area (TPSA) is 0 Å². The zero-order valence-electron chi connectivity index (χ0n) is 25.3. The molecule has 0 radical (unpaired) electrons. The predicted octanol–water partition coefficient (Wildman–Crippen LogP) is 12.8. The van der Waals surface area contributed by atoms with Gasteiger partial charge in [-0.3, -0.25) is 0 Å². The lowest BCUT2D eigenvalue weighted by atomic mass is 9.91. The molecule has 0 amide bonds. The van der Waals surface area contributed by atoms with Crippen LogP contribution in [0.4, 0.5) is 0 Å². The summed E-state index contributed by atoms with van der Waals surface area (Å²) in [5.74, 6) is 0. The average Bonchev–Trinajstić information content (AvgIpc) is 3.72. The van der Waals surface area contributed by atoms with Gasteiger partial charge in [0.15, 0.2) is 0 Å². The minimum absolute atomic E-state index is 1.16. The second-order valence-electron chi connectivity index (χ2n) is 11.7. The number of aryl methyl sites for hydroxylation is 2. The number of thiophene rings is 2. The third-order valence-electron chi connectivity index (χ3n) is 8.98. The first-order valence-electron chi connectivity index (χ1n) is 15.2. The first kappa shape index (κ1) is 27.8. The Morgan fingerprint density at radius 2 is 0.721 bits per heavy atom.